The zero-order valence-corrected chi connectivity index (χ0v) is 16.6. The maximum absolute atomic E-state index is 13.2. The minimum absolute atomic E-state index is 0.268. The molecule has 7 heteroatoms. The third-order valence-electron chi connectivity index (χ3n) is 4.45. The lowest BCUT2D eigenvalue weighted by Gasteiger charge is -2.20. The van der Waals surface area contributed by atoms with Gasteiger partial charge < -0.3 is 9.30 Å². The van der Waals surface area contributed by atoms with Crippen LogP contribution in [0.5, 0.6) is 5.75 Å². The van der Waals surface area contributed by atoms with Gasteiger partial charge in [-0.25, -0.2) is 13.4 Å². The quantitative estimate of drug-likeness (QED) is 0.708. The van der Waals surface area contributed by atoms with Crippen molar-refractivity contribution in [3.8, 4) is 5.75 Å². The Morgan fingerprint density at radius 2 is 1.93 bits per heavy atom. The number of rotatable bonds is 6. The molecule has 27 heavy (non-hydrogen) atoms. The van der Waals surface area contributed by atoms with Crippen molar-refractivity contribution in [2.45, 2.75) is 24.8 Å². The minimum Gasteiger partial charge on any atom is -0.497 e. The Hall–Kier alpha value is -2.64. The number of sulfonamides is 1. The fourth-order valence-corrected chi connectivity index (χ4v) is 4.47. The Kier molecular flexibility index (Phi) is 5.34. The number of aromatic nitrogens is 2. The maximum Gasteiger partial charge on any atom is 0.241 e. The molecule has 0 radical (unpaired) electrons. The van der Waals surface area contributed by atoms with Gasteiger partial charge >= 0.3 is 0 Å². The third-order valence-corrected chi connectivity index (χ3v) is 6.01. The van der Waals surface area contributed by atoms with Crippen LogP contribution in [0, 0.1) is 13.8 Å². The van der Waals surface area contributed by atoms with E-state index in [1.165, 1.54) is 0 Å². The minimum atomic E-state index is -3.77. The highest BCUT2D eigenvalue weighted by Crippen LogP contribution is 2.27. The Morgan fingerprint density at radius 3 is 2.59 bits per heavy atom. The molecule has 0 bridgehead atoms. The monoisotopic (exact) mass is 385 g/mol. The zero-order chi connectivity index (χ0) is 19.6. The number of ether oxygens (including phenoxy) is 1. The van der Waals surface area contributed by atoms with Gasteiger partial charge in [-0.1, -0.05) is 24.3 Å². The molecule has 0 spiro atoms. The topological polar surface area (TPSA) is 73.2 Å². The molecule has 1 N–H and O–H groups in total. The SMILES string of the molecule is COc1cccc(C(NS(=O)(=O)c2cc(C)ccc2C)c2nccn2C)c1. The molecule has 1 aromatic heterocycles. The summed E-state index contributed by atoms with van der Waals surface area (Å²) in [5.74, 6) is 1.25. The highest BCUT2D eigenvalue weighted by molar-refractivity contribution is 7.89. The highest BCUT2D eigenvalue weighted by atomic mass is 32.2. The molecule has 0 aliphatic heterocycles. The van der Waals surface area contributed by atoms with E-state index in [0.29, 0.717) is 17.1 Å². The van der Waals surface area contributed by atoms with Crippen LogP contribution in [0.15, 0.2) is 59.8 Å². The predicted octanol–water partition coefficient (Wildman–Crippen LogP) is 3.11. The van der Waals surface area contributed by atoms with Gasteiger partial charge in [-0.2, -0.15) is 4.72 Å². The Labute approximate surface area is 159 Å². The first-order valence-corrected chi connectivity index (χ1v) is 10.0. The van der Waals surface area contributed by atoms with Crippen LogP contribution < -0.4 is 9.46 Å². The number of nitrogens with zero attached hydrogens (tertiary/aromatic N) is 2. The largest absolute Gasteiger partial charge is 0.497 e. The summed E-state index contributed by atoms with van der Waals surface area (Å²) in [6.07, 6.45) is 3.43. The first kappa shape index (κ1) is 19.1. The fourth-order valence-electron chi connectivity index (χ4n) is 2.96. The van der Waals surface area contributed by atoms with Crippen LogP contribution in [-0.2, 0) is 17.1 Å². The maximum atomic E-state index is 13.2. The summed E-state index contributed by atoms with van der Waals surface area (Å²) in [7, 11) is -0.354. The third kappa shape index (κ3) is 4.04. The average molecular weight is 385 g/mol. The number of hydrogen-bond acceptors (Lipinski definition) is 4. The summed E-state index contributed by atoms with van der Waals surface area (Å²) >= 11 is 0. The Bertz CT molecular complexity index is 1060. The van der Waals surface area contributed by atoms with Crippen LogP contribution in [0.1, 0.15) is 28.6 Å². The normalized spacial score (nSPS) is 12.7. The lowest BCUT2D eigenvalue weighted by atomic mass is 10.1. The van der Waals surface area contributed by atoms with Crippen molar-refractivity contribution in [3.63, 3.8) is 0 Å². The fraction of sp³-hybridized carbons (Fsp3) is 0.250. The van der Waals surface area contributed by atoms with Gasteiger partial charge in [0.25, 0.3) is 0 Å². The molecule has 3 aromatic rings. The lowest BCUT2D eigenvalue weighted by Crippen LogP contribution is -2.31. The molecule has 0 amide bonds. The van der Waals surface area contributed by atoms with Gasteiger partial charge in [-0.15, -0.1) is 0 Å². The molecule has 1 atom stereocenters. The van der Waals surface area contributed by atoms with Gasteiger partial charge in [0.2, 0.25) is 10.0 Å². The molecule has 0 fully saturated rings. The van der Waals surface area contributed by atoms with Crippen molar-refractivity contribution in [2.75, 3.05) is 7.11 Å². The van der Waals surface area contributed by atoms with Crippen LogP contribution in [0.3, 0.4) is 0 Å². The number of aryl methyl sites for hydroxylation is 3. The van der Waals surface area contributed by atoms with E-state index in [9.17, 15) is 8.42 Å². The molecule has 1 unspecified atom stereocenters. The molecule has 6 nitrogen and oxygen atoms in total. The molecular formula is C20H23N3O3S. The van der Waals surface area contributed by atoms with Gasteiger partial charge in [0.05, 0.1) is 12.0 Å². The zero-order valence-electron chi connectivity index (χ0n) is 15.8. The summed E-state index contributed by atoms with van der Waals surface area (Å²) in [6, 6.07) is 12.0. The van der Waals surface area contributed by atoms with E-state index in [1.54, 1.807) is 37.1 Å². The van der Waals surface area contributed by atoms with E-state index in [-0.39, 0.29) is 4.90 Å². The van der Waals surface area contributed by atoms with Crippen LogP contribution in [0.2, 0.25) is 0 Å². The summed E-state index contributed by atoms with van der Waals surface area (Å²) in [4.78, 5) is 4.63. The molecule has 3 rings (SSSR count). The standard InChI is InChI=1S/C20H23N3O3S/c1-14-8-9-15(2)18(12-14)27(24,25)22-19(20-21-10-11-23(20)3)16-6-5-7-17(13-16)26-4/h5-13,19,22H,1-4H3. The molecule has 0 aliphatic rings. The van der Waals surface area contributed by atoms with E-state index >= 15 is 0 Å². The molecule has 142 valence electrons. The molecule has 2 aromatic carbocycles. The number of imidazole rings is 1. The Balaban J connectivity index is 2.09. The van der Waals surface area contributed by atoms with Crippen molar-refractivity contribution in [3.05, 3.63) is 77.4 Å². The van der Waals surface area contributed by atoms with Gasteiger partial charge in [-0.05, 0) is 48.7 Å². The van der Waals surface area contributed by atoms with Gasteiger partial charge in [-0.3, -0.25) is 0 Å². The lowest BCUT2D eigenvalue weighted by molar-refractivity contribution is 0.413. The molecule has 0 saturated heterocycles. The second kappa shape index (κ2) is 7.54. The van der Waals surface area contributed by atoms with Crippen molar-refractivity contribution < 1.29 is 13.2 Å². The first-order chi connectivity index (χ1) is 12.8. The van der Waals surface area contributed by atoms with E-state index in [0.717, 1.165) is 11.1 Å². The van der Waals surface area contributed by atoms with Crippen molar-refractivity contribution in [1.82, 2.24) is 14.3 Å². The second-order valence-corrected chi connectivity index (χ2v) is 8.18. The molecular weight excluding hydrogens is 362 g/mol. The highest BCUT2D eigenvalue weighted by Gasteiger charge is 2.27. The molecule has 0 saturated carbocycles. The first-order valence-electron chi connectivity index (χ1n) is 8.52. The van der Waals surface area contributed by atoms with E-state index < -0.39 is 16.1 Å². The van der Waals surface area contributed by atoms with Crippen LogP contribution in [0.25, 0.3) is 0 Å². The smallest absolute Gasteiger partial charge is 0.241 e. The van der Waals surface area contributed by atoms with E-state index in [4.69, 9.17) is 4.74 Å². The van der Waals surface area contributed by atoms with Gasteiger partial charge in [0.15, 0.2) is 0 Å². The van der Waals surface area contributed by atoms with Crippen molar-refractivity contribution in [2.24, 2.45) is 7.05 Å². The van der Waals surface area contributed by atoms with Crippen LogP contribution in [-0.4, -0.2) is 25.1 Å². The van der Waals surface area contributed by atoms with E-state index in [1.807, 2.05) is 50.4 Å². The summed E-state index contributed by atoms with van der Waals surface area (Å²) < 4.78 is 36.3. The van der Waals surface area contributed by atoms with Crippen molar-refractivity contribution >= 4 is 10.0 Å². The summed E-state index contributed by atoms with van der Waals surface area (Å²) in [5, 5.41) is 0. The average Bonchev–Trinajstić information content (AvgIpc) is 3.07. The second-order valence-electron chi connectivity index (χ2n) is 6.50. The number of hydrogen-bond donors (Lipinski definition) is 1. The van der Waals surface area contributed by atoms with Gasteiger partial charge in [0.1, 0.15) is 17.6 Å². The molecule has 0 aliphatic carbocycles. The van der Waals surface area contributed by atoms with Gasteiger partial charge in [0, 0.05) is 19.4 Å². The van der Waals surface area contributed by atoms with E-state index in [2.05, 4.69) is 9.71 Å². The van der Waals surface area contributed by atoms with Crippen LogP contribution >= 0.6 is 0 Å². The number of nitrogens with one attached hydrogen (secondary N) is 1. The summed E-state index contributed by atoms with van der Waals surface area (Å²) in [5.41, 5.74) is 2.32. The summed E-state index contributed by atoms with van der Waals surface area (Å²) in [6.45, 7) is 3.66. The number of methoxy groups -OCH3 is 1. The molecule has 1 heterocycles. The predicted molar refractivity (Wildman–Crippen MR) is 104 cm³/mol. The van der Waals surface area contributed by atoms with Crippen LogP contribution in [0.4, 0.5) is 0 Å². The number of benzene rings is 2. The van der Waals surface area contributed by atoms with Crippen molar-refractivity contribution in [1.29, 1.82) is 0 Å². The Morgan fingerprint density at radius 1 is 1.15 bits per heavy atom.